The lowest BCUT2D eigenvalue weighted by Gasteiger charge is -2.23. The van der Waals surface area contributed by atoms with Gasteiger partial charge in [0, 0.05) is 35.5 Å². The molecule has 0 unspecified atom stereocenters. The van der Waals surface area contributed by atoms with Crippen LogP contribution in [0.1, 0.15) is 34.3 Å². The van der Waals surface area contributed by atoms with Crippen LogP contribution in [-0.2, 0) is 13.8 Å². The Bertz CT molecular complexity index is 651. The van der Waals surface area contributed by atoms with E-state index in [4.69, 9.17) is 15.4 Å². The summed E-state index contributed by atoms with van der Waals surface area (Å²) in [6.07, 6.45) is 1.52. The predicted molar refractivity (Wildman–Crippen MR) is 80.3 cm³/mol. The summed E-state index contributed by atoms with van der Waals surface area (Å²) in [5.41, 5.74) is 1.82. The SMILES string of the molecule is Cc1cc(S(=O)(=O)Cl)cc(C(=O)NC2CCOCC2)c1C. The molecule has 1 aromatic rings. The Morgan fingerprint density at radius 1 is 1.29 bits per heavy atom. The predicted octanol–water partition coefficient (Wildman–Crippen LogP) is 2.14. The minimum atomic E-state index is -3.86. The maximum absolute atomic E-state index is 12.4. The Labute approximate surface area is 129 Å². The number of benzene rings is 1. The fraction of sp³-hybridized carbons (Fsp3) is 0.500. The van der Waals surface area contributed by atoms with Crippen LogP contribution in [-0.4, -0.2) is 33.6 Å². The van der Waals surface area contributed by atoms with Gasteiger partial charge in [-0.15, -0.1) is 0 Å². The van der Waals surface area contributed by atoms with Gasteiger partial charge >= 0.3 is 0 Å². The molecule has 1 amide bonds. The average molecular weight is 332 g/mol. The molecule has 0 atom stereocenters. The van der Waals surface area contributed by atoms with Gasteiger partial charge in [-0.25, -0.2) is 8.42 Å². The summed E-state index contributed by atoms with van der Waals surface area (Å²) in [6, 6.07) is 2.87. The van der Waals surface area contributed by atoms with Gasteiger partial charge in [-0.1, -0.05) is 0 Å². The molecule has 2 rings (SSSR count). The lowest BCUT2D eigenvalue weighted by Crippen LogP contribution is -2.39. The topological polar surface area (TPSA) is 72.5 Å². The fourth-order valence-corrected chi connectivity index (χ4v) is 3.15. The molecule has 1 N–H and O–H groups in total. The number of aryl methyl sites for hydroxylation is 1. The number of carbonyl (C=O) groups is 1. The summed E-state index contributed by atoms with van der Waals surface area (Å²) < 4.78 is 28.2. The number of nitrogens with one attached hydrogen (secondary N) is 1. The van der Waals surface area contributed by atoms with Crippen LogP contribution in [0.2, 0.25) is 0 Å². The van der Waals surface area contributed by atoms with E-state index in [1.54, 1.807) is 13.8 Å². The zero-order valence-electron chi connectivity index (χ0n) is 12.0. The third kappa shape index (κ3) is 3.96. The van der Waals surface area contributed by atoms with E-state index in [9.17, 15) is 13.2 Å². The highest BCUT2D eigenvalue weighted by Gasteiger charge is 2.21. The zero-order chi connectivity index (χ0) is 15.6. The smallest absolute Gasteiger partial charge is 0.261 e. The zero-order valence-corrected chi connectivity index (χ0v) is 13.6. The first-order chi connectivity index (χ1) is 9.79. The number of carbonyl (C=O) groups excluding carboxylic acids is 1. The molecule has 1 aromatic carbocycles. The fourth-order valence-electron chi connectivity index (χ4n) is 2.31. The maximum atomic E-state index is 12.4. The van der Waals surface area contributed by atoms with Crippen LogP contribution in [0.4, 0.5) is 0 Å². The Morgan fingerprint density at radius 2 is 1.90 bits per heavy atom. The van der Waals surface area contributed by atoms with Crippen LogP contribution >= 0.6 is 10.7 Å². The third-order valence-corrected chi connectivity index (χ3v) is 5.06. The molecule has 0 saturated carbocycles. The van der Waals surface area contributed by atoms with E-state index >= 15 is 0 Å². The molecule has 0 bridgehead atoms. The van der Waals surface area contributed by atoms with E-state index in [1.807, 2.05) is 0 Å². The highest BCUT2D eigenvalue weighted by molar-refractivity contribution is 8.13. The van der Waals surface area contributed by atoms with Gasteiger partial charge in [0.05, 0.1) is 4.90 Å². The Hall–Kier alpha value is -1.11. The number of halogens is 1. The van der Waals surface area contributed by atoms with Crippen molar-refractivity contribution in [3.8, 4) is 0 Å². The molecule has 1 saturated heterocycles. The number of amides is 1. The van der Waals surface area contributed by atoms with Gasteiger partial charge in [-0.2, -0.15) is 0 Å². The summed E-state index contributed by atoms with van der Waals surface area (Å²) in [5, 5.41) is 2.93. The monoisotopic (exact) mass is 331 g/mol. The largest absolute Gasteiger partial charge is 0.381 e. The first kappa shape index (κ1) is 16.3. The van der Waals surface area contributed by atoms with E-state index in [0.29, 0.717) is 24.3 Å². The van der Waals surface area contributed by atoms with Crippen LogP contribution in [0.25, 0.3) is 0 Å². The van der Waals surface area contributed by atoms with Gasteiger partial charge in [-0.05, 0) is 49.9 Å². The van der Waals surface area contributed by atoms with Crippen molar-refractivity contribution >= 4 is 25.6 Å². The molecule has 0 spiro atoms. The van der Waals surface area contributed by atoms with Crippen LogP contribution < -0.4 is 5.32 Å². The molecule has 0 radical (unpaired) electrons. The van der Waals surface area contributed by atoms with E-state index < -0.39 is 9.05 Å². The van der Waals surface area contributed by atoms with Gasteiger partial charge in [0.2, 0.25) is 0 Å². The Morgan fingerprint density at radius 3 is 2.48 bits per heavy atom. The second-order valence-electron chi connectivity index (χ2n) is 5.21. The molecule has 0 aromatic heterocycles. The quantitative estimate of drug-likeness (QED) is 0.861. The highest BCUT2D eigenvalue weighted by atomic mass is 35.7. The molecule has 0 aliphatic carbocycles. The van der Waals surface area contributed by atoms with Crippen molar-refractivity contribution in [2.75, 3.05) is 13.2 Å². The van der Waals surface area contributed by atoms with Crippen molar-refractivity contribution in [3.05, 3.63) is 28.8 Å². The van der Waals surface area contributed by atoms with E-state index in [2.05, 4.69) is 5.32 Å². The van der Waals surface area contributed by atoms with E-state index in [-0.39, 0.29) is 16.8 Å². The molecule has 1 heterocycles. The summed E-state index contributed by atoms with van der Waals surface area (Å²) in [5.74, 6) is -0.273. The van der Waals surface area contributed by atoms with Crippen LogP contribution in [0.5, 0.6) is 0 Å². The average Bonchev–Trinajstić information content (AvgIpc) is 2.41. The lowest BCUT2D eigenvalue weighted by molar-refractivity contribution is 0.0696. The molecule has 116 valence electrons. The number of ether oxygens (including phenoxy) is 1. The normalized spacial score (nSPS) is 16.7. The second-order valence-corrected chi connectivity index (χ2v) is 7.78. The third-order valence-electron chi connectivity index (χ3n) is 3.72. The first-order valence-corrected chi connectivity index (χ1v) is 9.04. The molecule has 7 heteroatoms. The van der Waals surface area contributed by atoms with Crippen molar-refractivity contribution < 1.29 is 17.9 Å². The van der Waals surface area contributed by atoms with Gasteiger partial charge in [0.25, 0.3) is 15.0 Å². The minimum absolute atomic E-state index is 0.0515. The van der Waals surface area contributed by atoms with E-state index in [0.717, 1.165) is 18.4 Å². The lowest BCUT2D eigenvalue weighted by atomic mass is 10.0. The van der Waals surface area contributed by atoms with Gasteiger partial charge in [-0.3, -0.25) is 4.79 Å². The van der Waals surface area contributed by atoms with Crippen molar-refractivity contribution in [3.63, 3.8) is 0 Å². The van der Waals surface area contributed by atoms with Crippen LogP contribution in [0.3, 0.4) is 0 Å². The van der Waals surface area contributed by atoms with E-state index in [1.165, 1.54) is 12.1 Å². The van der Waals surface area contributed by atoms with Crippen molar-refractivity contribution in [1.29, 1.82) is 0 Å². The number of hydrogen-bond donors (Lipinski definition) is 1. The van der Waals surface area contributed by atoms with Gasteiger partial charge in [0.15, 0.2) is 0 Å². The Kier molecular flexibility index (Phi) is 4.91. The molecule has 1 aliphatic heterocycles. The maximum Gasteiger partial charge on any atom is 0.261 e. The Balaban J connectivity index is 2.29. The van der Waals surface area contributed by atoms with Gasteiger partial charge < -0.3 is 10.1 Å². The van der Waals surface area contributed by atoms with Crippen molar-refractivity contribution in [2.45, 2.75) is 37.6 Å². The molecular weight excluding hydrogens is 314 g/mol. The molecule has 1 aliphatic rings. The summed E-state index contributed by atoms with van der Waals surface area (Å²) >= 11 is 0. The summed E-state index contributed by atoms with van der Waals surface area (Å²) in [6.45, 7) is 4.79. The minimum Gasteiger partial charge on any atom is -0.381 e. The molecule has 21 heavy (non-hydrogen) atoms. The van der Waals surface area contributed by atoms with Crippen LogP contribution in [0, 0.1) is 13.8 Å². The summed E-state index contributed by atoms with van der Waals surface area (Å²) in [7, 11) is 1.52. The van der Waals surface area contributed by atoms with Crippen LogP contribution in [0.15, 0.2) is 17.0 Å². The number of rotatable bonds is 3. The highest BCUT2D eigenvalue weighted by Crippen LogP contribution is 2.23. The molecular formula is C14H18ClNO4S. The van der Waals surface area contributed by atoms with Gasteiger partial charge in [0.1, 0.15) is 0 Å². The first-order valence-electron chi connectivity index (χ1n) is 6.73. The van der Waals surface area contributed by atoms with Crippen molar-refractivity contribution in [2.24, 2.45) is 0 Å². The second kappa shape index (κ2) is 6.34. The molecule has 1 fully saturated rings. The van der Waals surface area contributed by atoms with Crippen molar-refractivity contribution in [1.82, 2.24) is 5.32 Å². The molecule has 5 nitrogen and oxygen atoms in total. The summed E-state index contributed by atoms with van der Waals surface area (Å²) in [4.78, 5) is 12.3. The standard InChI is InChI=1S/C14H18ClNO4S/c1-9-7-12(21(15,18)19)8-13(10(9)2)14(17)16-11-3-5-20-6-4-11/h7-8,11H,3-6H2,1-2H3,(H,16,17). The number of hydrogen-bond acceptors (Lipinski definition) is 4.